The van der Waals surface area contributed by atoms with Gasteiger partial charge in [-0.15, -0.1) is 0 Å². The Morgan fingerprint density at radius 2 is 2.04 bits per heavy atom. The number of benzene rings is 1. The quantitative estimate of drug-likeness (QED) is 0.864. The molecule has 1 aliphatic rings. The molecule has 1 aromatic rings. The van der Waals surface area contributed by atoms with E-state index in [0.29, 0.717) is 0 Å². The van der Waals surface area contributed by atoms with Crippen LogP contribution in [-0.4, -0.2) is 30.9 Å². The summed E-state index contributed by atoms with van der Waals surface area (Å²) >= 11 is 0. The first-order valence-electron chi connectivity index (χ1n) is 8.72. The molecule has 0 fully saturated rings. The molecule has 0 amide bonds. The molecular weight excluding hydrogens is 294 g/mol. The first-order chi connectivity index (χ1) is 11.5. The van der Waals surface area contributed by atoms with Crippen molar-refractivity contribution in [2.75, 3.05) is 21.1 Å². The predicted octanol–water partition coefficient (Wildman–Crippen LogP) is 4.43. The third kappa shape index (κ3) is 4.02. The van der Waals surface area contributed by atoms with Crippen molar-refractivity contribution in [3.05, 3.63) is 70.7 Å². The van der Waals surface area contributed by atoms with Crippen LogP contribution in [0.1, 0.15) is 44.5 Å². The molecule has 3 heteroatoms. The van der Waals surface area contributed by atoms with E-state index >= 15 is 0 Å². The summed E-state index contributed by atoms with van der Waals surface area (Å²) in [4.78, 5) is 4.47. The van der Waals surface area contributed by atoms with Crippen LogP contribution in [0.25, 0.3) is 0 Å². The molecule has 0 saturated carbocycles. The van der Waals surface area contributed by atoms with Gasteiger partial charge in [0.25, 0.3) is 0 Å². The van der Waals surface area contributed by atoms with Crippen LogP contribution in [0.3, 0.4) is 0 Å². The van der Waals surface area contributed by atoms with E-state index in [4.69, 9.17) is 0 Å². The minimum absolute atomic E-state index is 0.142. The lowest BCUT2D eigenvalue weighted by Gasteiger charge is -2.31. The van der Waals surface area contributed by atoms with Crippen molar-refractivity contribution >= 4 is 0 Å². The highest BCUT2D eigenvalue weighted by Gasteiger charge is 2.24. The Morgan fingerprint density at radius 3 is 2.71 bits per heavy atom. The zero-order valence-corrected chi connectivity index (χ0v) is 15.9. The molecule has 0 aliphatic carbocycles. The van der Waals surface area contributed by atoms with Crippen molar-refractivity contribution in [2.24, 2.45) is 0 Å². The molecule has 0 aromatic heterocycles. The van der Waals surface area contributed by atoms with E-state index in [1.807, 2.05) is 0 Å². The molecule has 130 valence electrons. The van der Waals surface area contributed by atoms with Gasteiger partial charge in [0.05, 0.1) is 0 Å². The van der Waals surface area contributed by atoms with Crippen LogP contribution >= 0.6 is 0 Å². The molecule has 3 nitrogen and oxygen atoms in total. The zero-order valence-electron chi connectivity index (χ0n) is 15.9. The van der Waals surface area contributed by atoms with Gasteiger partial charge in [-0.3, -0.25) is 0 Å². The number of hydrogen-bond donors (Lipinski definition) is 1. The molecule has 0 spiro atoms. The predicted molar refractivity (Wildman–Crippen MR) is 103 cm³/mol. The van der Waals surface area contributed by atoms with Crippen LogP contribution < -0.4 is 5.32 Å². The highest BCUT2D eigenvalue weighted by Crippen LogP contribution is 2.32. The summed E-state index contributed by atoms with van der Waals surface area (Å²) in [5.74, 6) is 0. The third-order valence-electron chi connectivity index (χ3n) is 4.82. The summed E-state index contributed by atoms with van der Waals surface area (Å²) < 4.78 is 0. The van der Waals surface area contributed by atoms with Crippen LogP contribution in [0.15, 0.2) is 59.6 Å². The Balaban J connectivity index is 2.44. The molecule has 0 radical (unpaired) electrons. The van der Waals surface area contributed by atoms with Gasteiger partial charge in [-0.05, 0) is 43.4 Å². The van der Waals surface area contributed by atoms with E-state index in [1.54, 1.807) is 0 Å². The van der Waals surface area contributed by atoms with Crippen LogP contribution in [-0.2, 0) is 6.42 Å². The van der Waals surface area contributed by atoms with Crippen molar-refractivity contribution in [3.8, 4) is 0 Å². The van der Waals surface area contributed by atoms with E-state index in [-0.39, 0.29) is 6.17 Å². The largest absolute Gasteiger partial charge is 0.380 e. The topological polar surface area (TPSA) is 18.5 Å². The molecule has 2 rings (SSSR count). The lowest BCUT2D eigenvalue weighted by molar-refractivity contribution is 0.281. The average Bonchev–Trinajstić information content (AvgIpc) is 2.67. The van der Waals surface area contributed by atoms with Crippen molar-refractivity contribution in [2.45, 2.75) is 39.8 Å². The van der Waals surface area contributed by atoms with E-state index in [9.17, 15) is 0 Å². The monoisotopic (exact) mass is 325 g/mol. The molecule has 0 saturated heterocycles. The lowest BCUT2D eigenvalue weighted by atomic mass is 9.99. The van der Waals surface area contributed by atoms with Gasteiger partial charge in [-0.25, -0.2) is 0 Å². The fourth-order valence-electron chi connectivity index (χ4n) is 2.89. The first-order valence-corrected chi connectivity index (χ1v) is 8.72. The second-order valence-corrected chi connectivity index (χ2v) is 6.66. The Hall–Kier alpha value is -2.16. The summed E-state index contributed by atoms with van der Waals surface area (Å²) in [6.07, 6.45) is 8.83. The molecule has 1 N–H and O–H groups in total. The summed E-state index contributed by atoms with van der Waals surface area (Å²) in [5, 5.41) is 3.62. The van der Waals surface area contributed by atoms with E-state index < -0.39 is 0 Å². The minimum Gasteiger partial charge on any atom is -0.380 e. The van der Waals surface area contributed by atoms with Gasteiger partial charge in [0, 0.05) is 38.7 Å². The average molecular weight is 326 g/mol. The van der Waals surface area contributed by atoms with Gasteiger partial charge in [-0.1, -0.05) is 43.3 Å². The van der Waals surface area contributed by atoms with Crippen molar-refractivity contribution < 1.29 is 0 Å². The lowest BCUT2D eigenvalue weighted by Crippen LogP contribution is -2.32. The number of nitrogens with zero attached hydrogens (tertiary/aromatic N) is 2. The Bertz CT molecular complexity index is 653. The van der Waals surface area contributed by atoms with Gasteiger partial charge < -0.3 is 15.1 Å². The van der Waals surface area contributed by atoms with Gasteiger partial charge in [0.2, 0.25) is 0 Å². The summed E-state index contributed by atoms with van der Waals surface area (Å²) in [7, 11) is 6.31. The summed E-state index contributed by atoms with van der Waals surface area (Å²) in [6.45, 7) is 6.52. The van der Waals surface area contributed by atoms with Crippen molar-refractivity contribution in [1.82, 2.24) is 15.1 Å². The maximum absolute atomic E-state index is 3.62. The Labute approximate surface area is 147 Å². The maximum atomic E-state index is 3.62. The standard InChI is InChI=1S/C21H31N3/c1-7-8-11-18-14-19-12-9-10-13-20(19)21(24(6)17(18)3)22-15-16(2)23(4)5/h8-13,15,21-22H,7,14H2,1-6H3/b11-8-,16-15+. The van der Waals surface area contributed by atoms with Gasteiger partial charge in [-0.2, -0.15) is 0 Å². The fraction of sp³-hybridized carbons (Fsp3) is 0.429. The van der Waals surface area contributed by atoms with Crippen LogP contribution in [0, 0.1) is 0 Å². The molecule has 1 atom stereocenters. The zero-order chi connectivity index (χ0) is 17.7. The van der Waals surface area contributed by atoms with E-state index in [0.717, 1.165) is 12.8 Å². The molecule has 1 unspecified atom stereocenters. The molecule has 24 heavy (non-hydrogen) atoms. The minimum atomic E-state index is 0.142. The number of nitrogens with one attached hydrogen (secondary N) is 1. The first kappa shape index (κ1) is 18.2. The number of rotatable bonds is 5. The van der Waals surface area contributed by atoms with Crippen LogP contribution in [0.2, 0.25) is 0 Å². The van der Waals surface area contributed by atoms with Gasteiger partial charge >= 0.3 is 0 Å². The normalized spacial score (nSPS) is 18.7. The smallest absolute Gasteiger partial charge is 0.125 e. The third-order valence-corrected chi connectivity index (χ3v) is 4.82. The van der Waals surface area contributed by atoms with E-state index in [1.165, 1.54) is 28.1 Å². The number of allylic oxidation sites excluding steroid dienone is 5. The van der Waals surface area contributed by atoms with Crippen LogP contribution in [0.4, 0.5) is 0 Å². The molecule has 1 heterocycles. The Morgan fingerprint density at radius 1 is 1.33 bits per heavy atom. The molecular formula is C21H31N3. The molecule has 1 aliphatic heterocycles. The second kappa shape index (κ2) is 8.09. The fourth-order valence-corrected chi connectivity index (χ4v) is 2.89. The highest BCUT2D eigenvalue weighted by atomic mass is 15.3. The SMILES string of the molecule is CC/C=C\C1=C(C)N(C)C(N/C=C(\C)N(C)C)c2ccccc2C1. The van der Waals surface area contributed by atoms with E-state index in [2.05, 4.69) is 99.6 Å². The van der Waals surface area contributed by atoms with Crippen molar-refractivity contribution in [1.29, 1.82) is 0 Å². The number of hydrogen-bond acceptors (Lipinski definition) is 3. The molecule has 1 aromatic carbocycles. The highest BCUT2D eigenvalue weighted by molar-refractivity contribution is 5.40. The Kier molecular flexibility index (Phi) is 6.13. The van der Waals surface area contributed by atoms with Crippen molar-refractivity contribution in [3.63, 3.8) is 0 Å². The summed E-state index contributed by atoms with van der Waals surface area (Å²) in [5.41, 5.74) is 6.67. The second-order valence-electron chi connectivity index (χ2n) is 6.66. The van der Waals surface area contributed by atoms with Gasteiger partial charge in [0.15, 0.2) is 0 Å². The van der Waals surface area contributed by atoms with Crippen LogP contribution in [0.5, 0.6) is 0 Å². The number of fused-ring (bicyclic) bond motifs is 1. The molecule has 0 bridgehead atoms. The summed E-state index contributed by atoms with van der Waals surface area (Å²) in [6, 6.07) is 8.76. The van der Waals surface area contributed by atoms with Gasteiger partial charge in [0.1, 0.15) is 6.17 Å². The maximum Gasteiger partial charge on any atom is 0.125 e.